The van der Waals surface area contributed by atoms with Crippen molar-refractivity contribution in [3.63, 3.8) is 0 Å². The van der Waals surface area contributed by atoms with Crippen molar-refractivity contribution in [2.75, 3.05) is 0 Å². The van der Waals surface area contributed by atoms with Gasteiger partial charge in [0.25, 0.3) is 0 Å². The maximum Gasteiger partial charge on any atom is 0.0186 e. The molecule has 0 saturated heterocycles. The van der Waals surface area contributed by atoms with Crippen LogP contribution in [0.3, 0.4) is 0 Å². The van der Waals surface area contributed by atoms with Gasteiger partial charge in [-0.05, 0) is 42.4 Å². The van der Waals surface area contributed by atoms with Crippen LogP contribution in [-0.2, 0) is 0 Å². The summed E-state index contributed by atoms with van der Waals surface area (Å²) in [7, 11) is 0. The Labute approximate surface area is 115 Å². The first-order chi connectivity index (χ1) is 7.48. The predicted octanol–water partition coefficient (Wildman–Crippen LogP) is 5.44. The first-order valence-electron chi connectivity index (χ1n) is 7.12. The van der Waals surface area contributed by atoms with Gasteiger partial charge in [-0.15, -0.1) is 0 Å². The van der Waals surface area contributed by atoms with E-state index in [0.717, 1.165) is 21.7 Å². The normalized spacial score (nSPS) is 37.9. The zero-order valence-electron chi connectivity index (χ0n) is 11.1. The second-order valence-corrected chi connectivity index (χ2v) is 8.49. The largest absolute Gasteiger partial charge is 0.0817 e. The van der Waals surface area contributed by atoms with E-state index < -0.39 is 0 Å². The zero-order chi connectivity index (χ0) is 11.8. The van der Waals surface area contributed by atoms with Crippen molar-refractivity contribution >= 4 is 22.6 Å². The Balaban J connectivity index is 1.94. The fraction of sp³-hybridized carbons (Fsp3) is 1.00. The first kappa shape index (κ1) is 13.2. The maximum absolute atomic E-state index is 2.73. The van der Waals surface area contributed by atoms with E-state index in [-0.39, 0.29) is 0 Å². The summed E-state index contributed by atoms with van der Waals surface area (Å²) in [5.41, 5.74) is 0.493. The molecule has 0 spiro atoms. The summed E-state index contributed by atoms with van der Waals surface area (Å²) in [4.78, 5) is 0. The highest BCUT2D eigenvalue weighted by Gasteiger charge is 2.37. The van der Waals surface area contributed by atoms with Gasteiger partial charge in [0, 0.05) is 3.92 Å². The highest BCUT2D eigenvalue weighted by Crippen LogP contribution is 2.47. The molecule has 94 valence electrons. The minimum Gasteiger partial charge on any atom is -0.0817 e. The number of halogens is 1. The molecular weight excluding hydrogens is 307 g/mol. The molecule has 0 nitrogen and oxygen atoms in total. The molecule has 0 N–H and O–H groups in total. The van der Waals surface area contributed by atoms with Crippen molar-refractivity contribution < 1.29 is 0 Å². The van der Waals surface area contributed by atoms with Gasteiger partial charge < -0.3 is 0 Å². The van der Waals surface area contributed by atoms with Crippen LogP contribution in [0.5, 0.6) is 0 Å². The van der Waals surface area contributed by atoms with Crippen molar-refractivity contribution in [1.82, 2.24) is 0 Å². The molecule has 4 atom stereocenters. The summed E-state index contributed by atoms with van der Waals surface area (Å²) in [5, 5.41) is 0. The third-order valence-electron chi connectivity index (χ3n) is 4.82. The van der Waals surface area contributed by atoms with Crippen LogP contribution in [0.2, 0.25) is 0 Å². The fourth-order valence-electron chi connectivity index (χ4n) is 3.88. The zero-order valence-corrected chi connectivity index (χ0v) is 13.3. The summed E-state index contributed by atoms with van der Waals surface area (Å²) in [5.74, 6) is 3.20. The van der Waals surface area contributed by atoms with E-state index >= 15 is 0 Å². The van der Waals surface area contributed by atoms with Gasteiger partial charge in [0.1, 0.15) is 0 Å². The lowest BCUT2D eigenvalue weighted by molar-refractivity contribution is 0.115. The average molecular weight is 334 g/mol. The molecule has 0 aromatic rings. The summed E-state index contributed by atoms with van der Waals surface area (Å²) >= 11 is 2.73. The second-order valence-electron chi connectivity index (χ2n) is 7.15. The van der Waals surface area contributed by atoms with Gasteiger partial charge in [-0.3, -0.25) is 0 Å². The van der Waals surface area contributed by atoms with Crippen LogP contribution >= 0.6 is 22.6 Å². The predicted molar refractivity (Wildman–Crippen MR) is 80.1 cm³/mol. The molecule has 2 fully saturated rings. The van der Waals surface area contributed by atoms with Crippen molar-refractivity contribution in [2.45, 2.75) is 69.6 Å². The van der Waals surface area contributed by atoms with Gasteiger partial charge >= 0.3 is 0 Å². The van der Waals surface area contributed by atoms with Crippen molar-refractivity contribution in [3.8, 4) is 0 Å². The average Bonchev–Trinajstić information content (AvgIpc) is 2.26. The minimum absolute atomic E-state index is 0.493. The van der Waals surface area contributed by atoms with E-state index in [2.05, 4.69) is 43.4 Å². The Morgan fingerprint density at radius 2 is 1.56 bits per heavy atom. The lowest BCUT2D eigenvalue weighted by Gasteiger charge is -2.43. The molecule has 16 heavy (non-hydrogen) atoms. The van der Waals surface area contributed by atoms with Gasteiger partial charge in [-0.2, -0.15) is 0 Å². The molecule has 0 heterocycles. The van der Waals surface area contributed by atoms with E-state index in [1.165, 1.54) is 38.5 Å². The van der Waals surface area contributed by atoms with Gasteiger partial charge in [0.15, 0.2) is 0 Å². The number of alkyl halides is 1. The Morgan fingerprint density at radius 3 is 2.19 bits per heavy atom. The van der Waals surface area contributed by atoms with Gasteiger partial charge in [0.2, 0.25) is 0 Å². The molecule has 0 aromatic heterocycles. The van der Waals surface area contributed by atoms with Crippen molar-refractivity contribution in [1.29, 1.82) is 0 Å². The Kier molecular flexibility index (Phi) is 4.24. The van der Waals surface area contributed by atoms with E-state index in [9.17, 15) is 0 Å². The highest BCUT2D eigenvalue weighted by molar-refractivity contribution is 14.1. The molecule has 1 heteroatoms. The molecule has 2 aliphatic rings. The summed E-state index contributed by atoms with van der Waals surface area (Å²) in [6.07, 6.45) is 10.7. The van der Waals surface area contributed by atoms with Crippen molar-refractivity contribution in [2.24, 2.45) is 23.2 Å². The third-order valence-corrected chi connectivity index (χ3v) is 7.71. The van der Waals surface area contributed by atoms with E-state index in [1.807, 2.05) is 0 Å². The Bertz CT molecular complexity index is 228. The van der Waals surface area contributed by atoms with Crippen LogP contribution in [0, 0.1) is 23.2 Å². The Morgan fingerprint density at radius 1 is 0.938 bits per heavy atom. The molecule has 0 aromatic carbocycles. The molecule has 2 saturated carbocycles. The monoisotopic (exact) mass is 334 g/mol. The smallest absolute Gasteiger partial charge is 0.0186 e. The van der Waals surface area contributed by atoms with Crippen LogP contribution in [0.25, 0.3) is 0 Å². The van der Waals surface area contributed by atoms with Crippen LogP contribution < -0.4 is 0 Å². The van der Waals surface area contributed by atoms with Crippen molar-refractivity contribution in [3.05, 3.63) is 0 Å². The number of rotatable bonds is 1. The van der Waals surface area contributed by atoms with Gasteiger partial charge in [-0.1, -0.05) is 69.0 Å². The lowest BCUT2D eigenvalue weighted by atomic mass is 9.65. The molecule has 2 aliphatic carbocycles. The van der Waals surface area contributed by atoms with E-state index in [1.54, 1.807) is 6.42 Å². The molecular formula is C15H27I. The van der Waals surface area contributed by atoms with Gasteiger partial charge in [-0.25, -0.2) is 0 Å². The van der Waals surface area contributed by atoms with Crippen LogP contribution in [0.4, 0.5) is 0 Å². The number of hydrogen-bond donors (Lipinski definition) is 0. The molecule has 0 aliphatic heterocycles. The van der Waals surface area contributed by atoms with E-state index in [4.69, 9.17) is 0 Å². The minimum atomic E-state index is 0.493. The van der Waals surface area contributed by atoms with Crippen LogP contribution in [-0.4, -0.2) is 3.92 Å². The van der Waals surface area contributed by atoms with Crippen LogP contribution in [0.1, 0.15) is 65.7 Å². The SMILES string of the molecule is CC(C)(C)C(I)C1CCC2CCCCC2C1. The fourth-order valence-corrected chi connectivity index (χ4v) is 4.54. The molecule has 4 unspecified atom stereocenters. The highest BCUT2D eigenvalue weighted by atomic mass is 127. The quantitative estimate of drug-likeness (QED) is 0.442. The standard InChI is InChI=1S/C15H27I/c1-15(2,3)14(16)13-9-8-11-6-4-5-7-12(11)10-13/h11-14H,4-10H2,1-3H3. The topological polar surface area (TPSA) is 0 Å². The van der Waals surface area contributed by atoms with E-state index in [0.29, 0.717) is 5.41 Å². The lowest BCUT2D eigenvalue weighted by Crippen LogP contribution is -2.36. The summed E-state index contributed by atoms with van der Waals surface area (Å²) in [6, 6.07) is 0. The number of hydrogen-bond acceptors (Lipinski definition) is 0. The van der Waals surface area contributed by atoms with Gasteiger partial charge in [0.05, 0.1) is 0 Å². The number of fused-ring (bicyclic) bond motifs is 1. The van der Waals surface area contributed by atoms with Crippen LogP contribution in [0.15, 0.2) is 0 Å². The first-order valence-corrected chi connectivity index (χ1v) is 8.37. The summed E-state index contributed by atoms with van der Waals surface area (Å²) < 4.78 is 0.868. The molecule has 0 radical (unpaired) electrons. The second kappa shape index (κ2) is 5.16. The Hall–Kier alpha value is 0.730. The maximum atomic E-state index is 2.73. The third kappa shape index (κ3) is 2.94. The summed E-state index contributed by atoms with van der Waals surface area (Å²) in [6.45, 7) is 7.24. The molecule has 0 bridgehead atoms. The molecule has 2 rings (SSSR count). The molecule has 0 amide bonds.